The molecule has 0 saturated carbocycles. The highest BCUT2D eigenvalue weighted by atomic mass is 35.5. The summed E-state index contributed by atoms with van der Waals surface area (Å²) >= 11 is 6.16. The lowest BCUT2D eigenvalue weighted by Gasteiger charge is -2.30. The molecule has 1 N–H and O–H groups in total. The number of carbonyl (C=O) groups is 1. The summed E-state index contributed by atoms with van der Waals surface area (Å²) in [5, 5.41) is 3.18. The van der Waals surface area contributed by atoms with Crippen molar-refractivity contribution >= 4 is 44.5 Å². The number of anilines is 2. The van der Waals surface area contributed by atoms with Gasteiger partial charge in [0.2, 0.25) is 0 Å². The number of amides is 1. The van der Waals surface area contributed by atoms with Gasteiger partial charge in [-0.25, -0.2) is 8.42 Å². The Kier molecular flexibility index (Phi) is 5.13. The zero-order valence-corrected chi connectivity index (χ0v) is 18.0. The summed E-state index contributed by atoms with van der Waals surface area (Å²) in [5.41, 5.74) is 3.50. The highest BCUT2D eigenvalue weighted by Gasteiger charge is 2.39. The number of fused-ring (bicyclic) bond motifs is 1. The van der Waals surface area contributed by atoms with Crippen LogP contribution < -0.4 is 9.62 Å². The van der Waals surface area contributed by atoms with Gasteiger partial charge < -0.3 is 5.32 Å². The Morgan fingerprint density at radius 2 is 1.63 bits per heavy atom. The molecule has 0 spiro atoms. The lowest BCUT2D eigenvalue weighted by atomic mass is 9.95. The van der Waals surface area contributed by atoms with Crippen molar-refractivity contribution in [2.45, 2.75) is 6.92 Å². The topological polar surface area (TPSA) is 66.5 Å². The van der Waals surface area contributed by atoms with Crippen LogP contribution in [0.15, 0.2) is 77.7 Å². The van der Waals surface area contributed by atoms with Gasteiger partial charge in [-0.3, -0.25) is 9.10 Å². The van der Waals surface area contributed by atoms with Crippen LogP contribution in [0.5, 0.6) is 0 Å². The van der Waals surface area contributed by atoms with Crippen molar-refractivity contribution in [2.75, 3.05) is 16.7 Å². The van der Waals surface area contributed by atoms with Crippen molar-refractivity contribution in [3.8, 4) is 0 Å². The van der Waals surface area contributed by atoms with Gasteiger partial charge in [-0.1, -0.05) is 66.2 Å². The average molecular weight is 439 g/mol. The fourth-order valence-corrected chi connectivity index (χ4v) is 5.10. The maximum absolute atomic E-state index is 13.4. The third kappa shape index (κ3) is 3.38. The van der Waals surface area contributed by atoms with Gasteiger partial charge in [0.15, 0.2) is 4.91 Å². The minimum Gasteiger partial charge on any atom is -0.321 e. The van der Waals surface area contributed by atoms with Crippen molar-refractivity contribution in [2.24, 2.45) is 0 Å². The van der Waals surface area contributed by atoms with Crippen LogP contribution in [0.1, 0.15) is 16.7 Å². The molecule has 1 aliphatic rings. The fraction of sp³-hybridized carbons (Fsp3) is 0.0870. The van der Waals surface area contributed by atoms with Gasteiger partial charge in [-0.05, 0) is 36.2 Å². The molecule has 1 heterocycles. The fourth-order valence-electron chi connectivity index (χ4n) is 3.46. The molecule has 1 aliphatic heterocycles. The summed E-state index contributed by atoms with van der Waals surface area (Å²) in [6.07, 6.45) is 0. The number of rotatable bonds is 3. The maximum Gasteiger partial charge on any atom is 0.270 e. The standard InChI is InChI=1S/C23H19ClN2O3S/c1-15-12-13-17(14-19(15)24)25-23(27)22-21(16-8-4-3-5-9-16)18-10-6-7-11-20(18)26(2)30(22,28)29/h3-14H,1-2H3,(H,25,27). The van der Waals surface area contributed by atoms with Gasteiger partial charge >= 0.3 is 0 Å². The summed E-state index contributed by atoms with van der Waals surface area (Å²) in [5.74, 6) is -0.713. The first kappa shape index (κ1) is 20.2. The number of hydrogen-bond acceptors (Lipinski definition) is 3. The smallest absolute Gasteiger partial charge is 0.270 e. The molecule has 1 amide bonds. The first-order valence-electron chi connectivity index (χ1n) is 9.26. The van der Waals surface area contributed by atoms with Crippen molar-refractivity contribution in [3.63, 3.8) is 0 Å². The molecule has 3 aromatic carbocycles. The monoisotopic (exact) mass is 438 g/mol. The number of aryl methyl sites for hydroxylation is 1. The molecule has 0 fully saturated rings. The summed E-state index contributed by atoms with van der Waals surface area (Å²) in [4.78, 5) is 13.0. The van der Waals surface area contributed by atoms with Crippen LogP contribution in [-0.4, -0.2) is 21.4 Å². The zero-order chi connectivity index (χ0) is 21.5. The largest absolute Gasteiger partial charge is 0.321 e. The lowest BCUT2D eigenvalue weighted by molar-refractivity contribution is -0.112. The zero-order valence-electron chi connectivity index (χ0n) is 16.4. The Bertz CT molecular complexity index is 1280. The Balaban J connectivity index is 1.95. The van der Waals surface area contributed by atoms with Crippen LogP contribution in [0, 0.1) is 6.92 Å². The summed E-state index contributed by atoms with van der Waals surface area (Å²) in [7, 11) is -2.63. The molecule has 30 heavy (non-hydrogen) atoms. The molecule has 0 saturated heterocycles. The van der Waals surface area contributed by atoms with Crippen LogP contribution in [0.3, 0.4) is 0 Å². The van der Waals surface area contributed by atoms with E-state index < -0.39 is 15.9 Å². The van der Waals surface area contributed by atoms with E-state index in [0.29, 0.717) is 33.1 Å². The SMILES string of the molecule is Cc1ccc(NC(=O)C2=C(c3ccccc3)c3ccccc3N(C)S2(=O)=O)cc1Cl. The van der Waals surface area contributed by atoms with Gasteiger partial charge in [0, 0.05) is 28.9 Å². The minimum atomic E-state index is -4.08. The molecule has 3 aromatic rings. The number of halogens is 1. The van der Waals surface area contributed by atoms with E-state index in [4.69, 9.17) is 11.6 Å². The van der Waals surface area contributed by atoms with E-state index in [1.807, 2.05) is 37.3 Å². The molecule has 7 heteroatoms. The number of sulfonamides is 1. The maximum atomic E-state index is 13.4. The number of benzene rings is 3. The quantitative estimate of drug-likeness (QED) is 0.637. The Morgan fingerprint density at radius 1 is 0.967 bits per heavy atom. The summed E-state index contributed by atoms with van der Waals surface area (Å²) in [6, 6.07) is 21.2. The van der Waals surface area contributed by atoms with E-state index in [-0.39, 0.29) is 4.91 Å². The Labute approximate surface area is 180 Å². The molecule has 0 atom stereocenters. The van der Waals surface area contributed by atoms with Crippen LogP contribution in [0.4, 0.5) is 11.4 Å². The number of para-hydroxylation sites is 1. The minimum absolute atomic E-state index is 0.299. The van der Waals surface area contributed by atoms with Gasteiger partial charge in [-0.15, -0.1) is 0 Å². The van der Waals surface area contributed by atoms with Crippen LogP contribution in [0.25, 0.3) is 5.57 Å². The molecule has 0 aromatic heterocycles. The second-order valence-electron chi connectivity index (χ2n) is 6.98. The predicted octanol–water partition coefficient (Wildman–Crippen LogP) is 4.83. The number of hydrogen-bond donors (Lipinski definition) is 1. The first-order chi connectivity index (χ1) is 14.3. The Morgan fingerprint density at radius 3 is 2.33 bits per heavy atom. The number of carbonyl (C=O) groups excluding carboxylic acids is 1. The molecule has 0 unspecified atom stereocenters. The third-order valence-corrected chi connectivity index (χ3v) is 7.29. The molecule has 0 aliphatic carbocycles. The van der Waals surface area contributed by atoms with Gasteiger partial charge in [0.25, 0.3) is 15.9 Å². The van der Waals surface area contributed by atoms with E-state index in [0.717, 1.165) is 9.87 Å². The average Bonchev–Trinajstić information content (AvgIpc) is 2.73. The van der Waals surface area contributed by atoms with E-state index >= 15 is 0 Å². The first-order valence-corrected chi connectivity index (χ1v) is 11.1. The van der Waals surface area contributed by atoms with Crippen LogP contribution >= 0.6 is 11.6 Å². The van der Waals surface area contributed by atoms with Gasteiger partial charge in [-0.2, -0.15) is 0 Å². The molecular weight excluding hydrogens is 420 g/mol. The van der Waals surface area contributed by atoms with Crippen molar-refractivity contribution in [3.05, 3.63) is 99.4 Å². The molecule has 152 valence electrons. The van der Waals surface area contributed by atoms with E-state index in [2.05, 4.69) is 5.32 Å². The van der Waals surface area contributed by atoms with E-state index in [1.165, 1.54) is 7.05 Å². The lowest BCUT2D eigenvalue weighted by Crippen LogP contribution is -2.37. The molecule has 0 radical (unpaired) electrons. The van der Waals surface area contributed by atoms with Crippen molar-refractivity contribution < 1.29 is 13.2 Å². The molecular formula is C23H19ClN2O3S. The van der Waals surface area contributed by atoms with Crippen LogP contribution in [-0.2, 0) is 14.8 Å². The molecule has 4 rings (SSSR count). The summed E-state index contributed by atoms with van der Waals surface area (Å²) < 4.78 is 27.9. The third-order valence-electron chi connectivity index (χ3n) is 5.06. The number of nitrogens with zero attached hydrogens (tertiary/aromatic N) is 1. The predicted molar refractivity (Wildman–Crippen MR) is 121 cm³/mol. The van der Waals surface area contributed by atoms with Gasteiger partial charge in [0.1, 0.15) is 0 Å². The normalized spacial score (nSPS) is 15.0. The highest BCUT2D eigenvalue weighted by molar-refractivity contribution is 7.97. The molecule has 5 nitrogen and oxygen atoms in total. The Hall–Kier alpha value is -3.09. The van der Waals surface area contributed by atoms with Crippen molar-refractivity contribution in [1.29, 1.82) is 0 Å². The highest BCUT2D eigenvalue weighted by Crippen LogP contribution is 2.42. The van der Waals surface area contributed by atoms with Crippen LogP contribution in [0.2, 0.25) is 5.02 Å². The second kappa shape index (κ2) is 7.63. The van der Waals surface area contributed by atoms with Gasteiger partial charge in [0.05, 0.1) is 5.69 Å². The van der Waals surface area contributed by atoms with Crippen molar-refractivity contribution in [1.82, 2.24) is 0 Å². The molecule has 0 bridgehead atoms. The summed E-state index contributed by atoms with van der Waals surface area (Å²) in [6.45, 7) is 1.85. The second-order valence-corrected chi connectivity index (χ2v) is 9.29. The van der Waals surface area contributed by atoms with E-state index in [1.54, 1.807) is 42.5 Å². The number of nitrogens with one attached hydrogen (secondary N) is 1. The van der Waals surface area contributed by atoms with E-state index in [9.17, 15) is 13.2 Å².